The van der Waals surface area contributed by atoms with Crippen LogP contribution in [-0.2, 0) is 17.7 Å². The van der Waals surface area contributed by atoms with Gasteiger partial charge in [-0.15, -0.1) is 0 Å². The molecule has 1 aromatic carbocycles. The van der Waals surface area contributed by atoms with Crippen molar-refractivity contribution in [3.05, 3.63) is 47.0 Å². The Hall–Kier alpha value is -1.10. The summed E-state index contributed by atoms with van der Waals surface area (Å²) in [5.41, 5.74) is 0.542. The molecule has 0 aliphatic carbocycles. The summed E-state index contributed by atoms with van der Waals surface area (Å²) in [4.78, 5) is 4.15. The lowest BCUT2D eigenvalue weighted by Crippen LogP contribution is -2.30. The molecule has 1 aliphatic rings. The van der Waals surface area contributed by atoms with E-state index >= 15 is 0 Å². The molecule has 2 atom stereocenters. The molecule has 1 fully saturated rings. The Balaban J connectivity index is 1.89. The molecule has 4 nitrogen and oxygen atoms in total. The summed E-state index contributed by atoms with van der Waals surface area (Å²) in [7, 11) is 0. The Labute approximate surface area is 134 Å². The first kappa shape index (κ1) is 14.8. The van der Waals surface area contributed by atoms with Crippen LogP contribution in [0.3, 0.4) is 0 Å². The summed E-state index contributed by atoms with van der Waals surface area (Å²) >= 11 is 12.9. The van der Waals surface area contributed by atoms with Gasteiger partial charge in [-0.25, -0.2) is 9.67 Å². The Morgan fingerprint density at radius 1 is 1.33 bits per heavy atom. The average Bonchev–Trinajstić information content (AvgIpc) is 2.82. The summed E-state index contributed by atoms with van der Waals surface area (Å²) in [5.74, 6) is 0.846. The molecule has 1 aliphatic heterocycles. The average molecular weight is 326 g/mol. The molecule has 2 unspecified atom stereocenters. The van der Waals surface area contributed by atoms with Crippen LogP contribution in [0.2, 0.25) is 5.02 Å². The Morgan fingerprint density at radius 3 is 2.67 bits per heavy atom. The third-order valence-electron chi connectivity index (χ3n) is 4.10. The van der Waals surface area contributed by atoms with Crippen molar-refractivity contribution in [3.63, 3.8) is 0 Å². The lowest BCUT2D eigenvalue weighted by Gasteiger charge is -2.17. The van der Waals surface area contributed by atoms with Gasteiger partial charge in [-0.1, -0.05) is 48.3 Å². The SMILES string of the molecule is CCC1(Cl)OC1(Cc1ccccc1Cl)Cn1ncnc1C. The van der Waals surface area contributed by atoms with E-state index in [1.165, 1.54) is 0 Å². The van der Waals surface area contributed by atoms with Gasteiger partial charge in [0.2, 0.25) is 0 Å². The number of aryl methyl sites for hydroxylation is 1. The maximum Gasteiger partial charge on any atom is 0.173 e. The third kappa shape index (κ3) is 2.56. The van der Waals surface area contributed by atoms with E-state index < -0.39 is 10.7 Å². The second kappa shape index (κ2) is 5.27. The van der Waals surface area contributed by atoms with E-state index in [-0.39, 0.29) is 0 Å². The highest BCUT2D eigenvalue weighted by atomic mass is 35.5. The van der Waals surface area contributed by atoms with Crippen molar-refractivity contribution >= 4 is 23.2 Å². The molecule has 0 spiro atoms. The second-order valence-corrected chi connectivity index (χ2v) is 6.43. The van der Waals surface area contributed by atoms with E-state index in [1.54, 1.807) is 6.33 Å². The van der Waals surface area contributed by atoms with Crippen molar-refractivity contribution in [2.45, 2.75) is 43.9 Å². The largest absolute Gasteiger partial charge is 0.344 e. The van der Waals surface area contributed by atoms with Gasteiger partial charge in [0, 0.05) is 11.4 Å². The first-order valence-corrected chi connectivity index (χ1v) is 7.72. The number of epoxide rings is 1. The van der Waals surface area contributed by atoms with E-state index in [2.05, 4.69) is 10.1 Å². The quantitative estimate of drug-likeness (QED) is 0.623. The zero-order chi connectivity index (χ0) is 15.1. The van der Waals surface area contributed by atoms with Crippen LogP contribution in [0, 0.1) is 6.92 Å². The summed E-state index contributed by atoms with van der Waals surface area (Å²) in [6.45, 7) is 4.51. The first-order chi connectivity index (χ1) is 10.00. The van der Waals surface area contributed by atoms with E-state index in [9.17, 15) is 0 Å². The predicted octanol–water partition coefficient (Wildman–Crippen LogP) is 3.60. The van der Waals surface area contributed by atoms with Crippen molar-refractivity contribution in [1.29, 1.82) is 0 Å². The molecule has 112 valence electrons. The molecule has 2 aromatic rings. The molecule has 21 heavy (non-hydrogen) atoms. The molecule has 3 rings (SSSR count). The van der Waals surface area contributed by atoms with Crippen LogP contribution < -0.4 is 0 Å². The monoisotopic (exact) mass is 325 g/mol. The number of nitrogens with zero attached hydrogens (tertiary/aromatic N) is 3. The fraction of sp³-hybridized carbons (Fsp3) is 0.467. The summed E-state index contributed by atoms with van der Waals surface area (Å²) < 4.78 is 7.78. The van der Waals surface area contributed by atoms with Gasteiger partial charge in [-0.2, -0.15) is 5.10 Å². The van der Waals surface area contributed by atoms with Crippen LogP contribution in [0.25, 0.3) is 0 Å². The molecule has 0 bridgehead atoms. The molecule has 1 aromatic heterocycles. The first-order valence-electron chi connectivity index (χ1n) is 6.96. The molecule has 0 radical (unpaired) electrons. The maximum atomic E-state index is 6.60. The molecule has 0 saturated carbocycles. The van der Waals surface area contributed by atoms with Crippen LogP contribution in [0.1, 0.15) is 24.7 Å². The smallest absolute Gasteiger partial charge is 0.173 e. The summed E-state index contributed by atoms with van der Waals surface area (Å²) in [5, 5.41) is 4.31. The predicted molar refractivity (Wildman–Crippen MR) is 82.6 cm³/mol. The van der Waals surface area contributed by atoms with Gasteiger partial charge in [0.1, 0.15) is 17.8 Å². The molecule has 0 N–H and O–H groups in total. The summed E-state index contributed by atoms with van der Waals surface area (Å²) in [6, 6.07) is 7.78. The van der Waals surface area contributed by atoms with E-state index in [1.807, 2.05) is 42.8 Å². The van der Waals surface area contributed by atoms with E-state index in [4.69, 9.17) is 27.9 Å². The summed E-state index contributed by atoms with van der Waals surface area (Å²) in [6.07, 6.45) is 2.93. The second-order valence-electron chi connectivity index (χ2n) is 5.41. The van der Waals surface area contributed by atoms with Gasteiger partial charge in [-0.3, -0.25) is 0 Å². The van der Waals surface area contributed by atoms with Crippen molar-refractivity contribution in [3.8, 4) is 0 Å². The minimum Gasteiger partial charge on any atom is -0.344 e. The normalized spacial score (nSPS) is 27.8. The fourth-order valence-electron chi connectivity index (χ4n) is 2.72. The van der Waals surface area contributed by atoms with Crippen molar-refractivity contribution in [2.24, 2.45) is 0 Å². The van der Waals surface area contributed by atoms with Gasteiger partial charge < -0.3 is 4.74 Å². The number of ether oxygens (including phenoxy) is 1. The number of rotatable bonds is 5. The highest BCUT2D eigenvalue weighted by Crippen LogP contribution is 2.56. The molecular weight excluding hydrogens is 309 g/mol. The minimum absolute atomic E-state index is 0.493. The standard InChI is InChI=1S/C15H17Cl2N3O/c1-3-15(17)14(21-15,9-20-11(2)18-10-19-20)8-12-6-4-5-7-13(12)16/h4-7,10H,3,8-9H2,1-2H3. The van der Waals surface area contributed by atoms with Crippen molar-refractivity contribution in [1.82, 2.24) is 14.8 Å². The van der Waals surface area contributed by atoms with Gasteiger partial charge in [-0.05, 0) is 25.0 Å². The van der Waals surface area contributed by atoms with Crippen LogP contribution >= 0.6 is 23.2 Å². The Morgan fingerprint density at radius 2 is 2.10 bits per heavy atom. The number of hydrogen-bond donors (Lipinski definition) is 0. The maximum absolute atomic E-state index is 6.60. The number of alkyl halides is 1. The zero-order valence-corrected chi connectivity index (χ0v) is 13.5. The van der Waals surface area contributed by atoms with Crippen LogP contribution in [-0.4, -0.2) is 25.4 Å². The Bertz CT molecular complexity index is 660. The van der Waals surface area contributed by atoms with Crippen molar-refractivity contribution < 1.29 is 4.74 Å². The number of halogens is 2. The topological polar surface area (TPSA) is 43.2 Å². The molecule has 1 saturated heterocycles. The highest BCUT2D eigenvalue weighted by molar-refractivity contribution is 6.31. The lowest BCUT2D eigenvalue weighted by atomic mass is 9.94. The lowest BCUT2D eigenvalue weighted by molar-refractivity contribution is 0.252. The number of benzene rings is 1. The minimum atomic E-state index is -0.662. The third-order valence-corrected chi connectivity index (χ3v) is 5.16. The van der Waals surface area contributed by atoms with Gasteiger partial charge in [0.05, 0.1) is 6.54 Å². The Kier molecular flexibility index (Phi) is 3.72. The zero-order valence-electron chi connectivity index (χ0n) is 12.0. The molecule has 6 heteroatoms. The van der Waals surface area contributed by atoms with Gasteiger partial charge in [0.15, 0.2) is 5.06 Å². The van der Waals surface area contributed by atoms with Crippen LogP contribution in [0.15, 0.2) is 30.6 Å². The fourth-order valence-corrected chi connectivity index (χ4v) is 3.20. The van der Waals surface area contributed by atoms with Gasteiger partial charge in [0.25, 0.3) is 0 Å². The number of hydrogen-bond acceptors (Lipinski definition) is 3. The molecular formula is C15H17Cl2N3O. The van der Waals surface area contributed by atoms with E-state index in [0.717, 1.165) is 22.8 Å². The van der Waals surface area contributed by atoms with Crippen molar-refractivity contribution in [2.75, 3.05) is 0 Å². The highest BCUT2D eigenvalue weighted by Gasteiger charge is 2.68. The van der Waals surface area contributed by atoms with Crippen LogP contribution in [0.4, 0.5) is 0 Å². The number of aromatic nitrogens is 3. The molecule has 2 heterocycles. The van der Waals surface area contributed by atoms with Crippen LogP contribution in [0.5, 0.6) is 0 Å². The van der Waals surface area contributed by atoms with Gasteiger partial charge >= 0.3 is 0 Å². The van der Waals surface area contributed by atoms with E-state index in [0.29, 0.717) is 13.0 Å². The molecule has 0 amide bonds.